The lowest BCUT2D eigenvalue weighted by Gasteiger charge is -2.09. The first-order valence-corrected chi connectivity index (χ1v) is 9.54. The molecule has 158 valence electrons. The van der Waals surface area contributed by atoms with Gasteiger partial charge in [0.15, 0.2) is 0 Å². The van der Waals surface area contributed by atoms with Crippen LogP contribution in [0.2, 0.25) is 0 Å². The summed E-state index contributed by atoms with van der Waals surface area (Å²) in [6.45, 7) is 2.17. The third-order valence-corrected chi connectivity index (χ3v) is 4.84. The van der Waals surface area contributed by atoms with Crippen molar-refractivity contribution in [2.75, 3.05) is 7.11 Å². The lowest BCUT2D eigenvalue weighted by atomic mass is 10.2. The van der Waals surface area contributed by atoms with Crippen LogP contribution in [0.5, 0.6) is 23.1 Å². The van der Waals surface area contributed by atoms with Crippen LogP contribution in [0.3, 0.4) is 0 Å². The van der Waals surface area contributed by atoms with Crippen LogP contribution in [-0.2, 0) is 13.7 Å². The van der Waals surface area contributed by atoms with Gasteiger partial charge in [0.2, 0.25) is 5.88 Å². The molecule has 0 aliphatic rings. The molecule has 2 aromatic carbocycles. The van der Waals surface area contributed by atoms with Gasteiger partial charge in [0.1, 0.15) is 29.7 Å². The maximum atomic E-state index is 11.1. The average Bonchev–Trinajstić information content (AvgIpc) is 3.09. The van der Waals surface area contributed by atoms with E-state index in [0.717, 1.165) is 16.6 Å². The first-order valence-electron chi connectivity index (χ1n) is 9.54. The van der Waals surface area contributed by atoms with E-state index >= 15 is 0 Å². The fraction of sp³-hybridized carbons (Fsp3) is 0.174. The molecule has 0 bridgehead atoms. The van der Waals surface area contributed by atoms with Crippen molar-refractivity contribution >= 4 is 17.0 Å². The molecule has 2 aromatic heterocycles. The Morgan fingerprint density at radius 3 is 2.71 bits per heavy atom. The number of ether oxygens (including phenoxy) is 3. The molecule has 0 saturated heterocycles. The second-order valence-electron chi connectivity index (χ2n) is 6.95. The Kier molecular flexibility index (Phi) is 5.44. The van der Waals surface area contributed by atoms with Gasteiger partial charge in [-0.1, -0.05) is 6.07 Å². The second-order valence-corrected chi connectivity index (χ2v) is 6.95. The van der Waals surface area contributed by atoms with E-state index in [-0.39, 0.29) is 12.2 Å². The molecule has 0 amide bonds. The predicted molar refractivity (Wildman–Crippen MR) is 114 cm³/mol. The monoisotopic (exact) mass is 419 g/mol. The van der Waals surface area contributed by atoms with Gasteiger partial charge in [0.25, 0.3) is 0 Å². The number of imidazole rings is 1. The predicted octanol–water partition coefficient (Wildman–Crippen LogP) is 4.35. The van der Waals surface area contributed by atoms with Crippen LogP contribution >= 0.6 is 0 Å². The number of aryl methyl sites for hydroxylation is 2. The van der Waals surface area contributed by atoms with E-state index < -0.39 is 5.97 Å². The number of aromatic carboxylic acids is 1. The summed E-state index contributed by atoms with van der Waals surface area (Å²) in [7, 11) is 3.46. The van der Waals surface area contributed by atoms with E-state index in [2.05, 4.69) is 4.98 Å². The number of carboxylic acids is 1. The highest BCUT2D eigenvalue weighted by Crippen LogP contribution is 2.30. The smallest absolute Gasteiger partial charge is 0.335 e. The molecular formula is C23H21N3O5. The Labute approximate surface area is 178 Å². The Morgan fingerprint density at radius 2 is 1.94 bits per heavy atom. The van der Waals surface area contributed by atoms with Gasteiger partial charge in [-0.2, -0.15) is 0 Å². The molecule has 0 unspecified atom stereocenters. The third-order valence-electron chi connectivity index (χ3n) is 4.84. The maximum absolute atomic E-state index is 11.1. The third kappa shape index (κ3) is 4.28. The molecule has 0 saturated carbocycles. The number of benzene rings is 2. The Hall–Kier alpha value is -4.07. The van der Waals surface area contributed by atoms with Crippen LogP contribution in [0.25, 0.3) is 11.0 Å². The van der Waals surface area contributed by atoms with E-state index in [1.807, 2.05) is 30.7 Å². The molecule has 0 aliphatic carbocycles. The summed E-state index contributed by atoms with van der Waals surface area (Å²) >= 11 is 0. The van der Waals surface area contributed by atoms with Crippen LogP contribution in [-0.4, -0.2) is 32.7 Å². The number of fused-ring (bicyclic) bond motifs is 1. The minimum Gasteiger partial charge on any atom is -0.486 e. The number of methoxy groups -OCH3 is 1. The molecule has 0 radical (unpaired) electrons. The summed E-state index contributed by atoms with van der Waals surface area (Å²) in [6, 6.07) is 13.7. The summed E-state index contributed by atoms with van der Waals surface area (Å²) in [6.07, 6.45) is 1.62. The lowest BCUT2D eigenvalue weighted by molar-refractivity contribution is 0.0696. The largest absolute Gasteiger partial charge is 0.486 e. The number of nitrogens with zero attached hydrogens (tertiary/aromatic N) is 3. The zero-order valence-electron chi connectivity index (χ0n) is 17.3. The molecule has 0 atom stereocenters. The SMILES string of the molecule is COc1cc(Oc2cc(C)c3nc(COc4cccc(C(=O)O)c4)n(C)c3c2)ccn1. The molecule has 2 heterocycles. The van der Waals surface area contributed by atoms with Crippen molar-refractivity contribution in [1.29, 1.82) is 0 Å². The van der Waals surface area contributed by atoms with Gasteiger partial charge in [-0.15, -0.1) is 0 Å². The molecule has 0 spiro atoms. The number of hydrogen-bond donors (Lipinski definition) is 1. The zero-order valence-corrected chi connectivity index (χ0v) is 17.3. The van der Waals surface area contributed by atoms with Crippen molar-refractivity contribution in [1.82, 2.24) is 14.5 Å². The summed E-state index contributed by atoms with van der Waals surface area (Å²) in [5.74, 6) is 1.95. The first kappa shape index (κ1) is 20.2. The summed E-state index contributed by atoms with van der Waals surface area (Å²) < 4.78 is 18.9. The Bertz CT molecular complexity index is 1270. The molecule has 0 fully saturated rings. The lowest BCUT2D eigenvalue weighted by Crippen LogP contribution is -2.04. The van der Waals surface area contributed by atoms with Gasteiger partial charge in [-0.25, -0.2) is 14.8 Å². The van der Waals surface area contributed by atoms with Crippen LogP contribution in [0.1, 0.15) is 21.7 Å². The van der Waals surface area contributed by atoms with Crippen LogP contribution < -0.4 is 14.2 Å². The molecular weight excluding hydrogens is 398 g/mol. The van der Waals surface area contributed by atoms with Gasteiger partial charge >= 0.3 is 5.97 Å². The van der Waals surface area contributed by atoms with Gasteiger partial charge < -0.3 is 23.9 Å². The van der Waals surface area contributed by atoms with E-state index in [1.54, 1.807) is 37.6 Å². The van der Waals surface area contributed by atoms with Crippen molar-refractivity contribution in [2.45, 2.75) is 13.5 Å². The Morgan fingerprint density at radius 1 is 1.10 bits per heavy atom. The molecule has 8 nitrogen and oxygen atoms in total. The molecule has 4 aromatic rings. The number of carbonyl (C=O) groups is 1. The van der Waals surface area contributed by atoms with E-state index in [0.29, 0.717) is 29.0 Å². The van der Waals surface area contributed by atoms with Gasteiger partial charge in [0, 0.05) is 25.4 Å². The molecule has 31 heavy (non-hydrogen) atoms. The van der Waals surface area contributed by atoms with E-state index in [9.17, 15) is 4.79 Å². The van der Waals surface area contributed by atoms with E-state index in [4.69, 9.17) is 24.3 Å². The minimum atomic E-state index is -0.997. The number of rotatable bonds is 7. The highest BCUT2D eigenvalue weighted by Gasteiger charge is 2.13. The maximum Gasteiger partial charge on any atom is 0.335 e. The number of carboxylic acid groups (broad SMARTS) is 1. The van der Waals surface area contributed by atoms with Gasteiger partial charge in [-0.05, 0) is 42.8 Å². The summed E-state index contributed by atoms with van der Waals surface area (Å²) in [5, 5.41) is 9.13. The van der Waals surface area contributed by atoms with Crippen LogP contribution in [0, 0.1) is 6.92 Å². The normalized spacial score (nSPS) is 10.8. The number of pyridine rings is 1. The number of aromatic nitrogens is 3. The average molecular weight is 419 g/mol. The molecule has 8 heteroatoms. The van der Waals surface area contributed by atoms with Crippen LogP contribution in [0.4, 0.5) is 0 Å². The molecule has 4 rings (SSSR count). The van der Waals surface area contributed by atoms with E-state index in [1.165, 1.54) is 12.1 Å². The van der Waals surface area contributed by atoms with Crippen molar-refractivity contribution in [3.8, 4) is 23.1 Å². The zero-order chi connectivity index (χ0) is 22.0. The fourth-order valence-electron chi connectivity index (χ4n) is 3.23. The fourth-order valence-corrected chi connectivity index (χ4v) is 3.23. The number of hydrogen-bond acceptors (Lipinski definition) is 6. The highest BCUT2D eigenvalue weighted by molar-refractivity contribution is 5.88. The topological polar surface area (TPSA) is 95.7 Å². The first-order chi connectivity index (χ1) is 14.9. The summed E-state index contributed by atoms with van der Waals surface area (Å²) in [5.41, 5.74) is 2.88. The van der Waals surface area contributed by atoms with Crippen molar-refractivity contribution in [3.63, 3.8) is 0 Å². The van der Waals surface area contributed by atoms with Crippen molar-refractivity contribution < 1.29 is 24.1 Å². The Balaban J connectivity index is 1.59. The van der Waals surface area contributed by atoms with Gasteiger partial charge in [-0.3, -0.25) is 0 Å². The van der Waals surface area contributed by atoms with Crippen LogP contribution in [0.15, 0.2) is 54.7 Å². The van der Waals surface area contributed by atoms with Gasteiger partial charge in [0.05, 0.1) is 23.7 Å². The summed E-state index contributed by atoms with van der Waals surface area (Å²) in [4.78, 5) is 19.9. The minimum absolute atomic E-state index is 0.174. The quantitative estimate of drug-likeness (QED) is 0.476. The highest BCUT2D eigenvalue weighted by atomic mass is 16.5. The second kappa shape index (κ2) is 8.35. The standard InChI is InChI=1S/C23H21N3O5/c1-14-9-18(31-17-7-8-24-21(12-17)29-3)11-19-22(14)25-20(26(19)2)13-30-16-6-4-5-15(10-16)23(27)28/h4-12H,13H2,1-3H3,(H,27,28). The molecule has 1 N–H and O–H groups in total. The molecule has 0 aliphatic heterocycles. The van der Waals surface area contributed by atoms with Crippen molar-refractivity contribution in [2.24, 2.45) is 7.05 Å². The van der Waals surface area contributed by atoms with Crippen molar-refractivity contribution in [3.05, 3.63) is 71.7 Å².